The predicted molar refractivity (Wildman–Crippen MR) is 111 cm³/mol. The van der Waals surface area contributed by atoms with Crippen LogP contribution in [0.25, 0.3) is 0 Å². The molecule has 33 heavy (non-hydrogen) atoms. The first-order valence-electron chi connectivity index (χ1n) is 10.00. The van der Waals surface area contributed by atoms with Crippen LogP contribution in [0.1, 0.15) is 23.7 Å². The molecule has 7 nitrogen and oxygen atoms in total. The maximum atomic E-state index is 13.9. The van der Waals surface area contributed by atoms with E-state index in [1.165, 1.54) is 6.07 Å². The summed E-state index contributed by atoms with van der Waals surface area (Å²) in [4.78, 5) is 22.9. The Morgan fingerprint density at radius 2 is 2.00 bits per heavy atom. The molecule has 182 valence electrons. The van der Waals surface area contributed by atoms with Gasteiger partial charge in [0.2, 0.25) is 5.91 Å². The number of rotatable bonds is 7. The van der Waals surface area contributed by atoms with Crippen molar-refractivity contribution in [3.8, 4) is 0 Å². The van der Waals surface area contributed by atoms with Gasteiger partial charge in [-0.3, -0.25) is 9.48 Å². The summed E-state index contributed by atoms with van der Waals surface area (Å²) in [5, 5.41) is 11.3. The smallest absolute Gasteiger partial charge is 0.475 e. The standard InChI is InChI=1S/C19H23ClFN3O2.C2HF3O2/c1-23-12-16(11-22-23)19-15(7-9-26-19)13-24(18(25)10-20)8-6-14-4-2-3-5-17(14)21;3-2(4,5)1(6)7/h2-5,11-12,15,19H,6-10,13H2,1H3;(H,6,7). The number of amides is 1. The molecule has 0 aliphatic carbocycles. The molecule has 1 aliphatic rings. The molecule has 1 aliphatic heterocycles. The van der Waals surface area contributed by atoms with Gasteiger partial charge in [-0.15, -0.1) is 11.6 Å². The van der Waals surface area contributed by atoms with Crippen molar-refractivity contribution in [1.82, 2.24) is 14.7 Å². The third-order valence-corrected chi connectivity index (χ3v) is 5.27. The Hall–Kier alpha value is -2.66. The van der Waals surface area contributed by atoms with E-state index < -0.39 is 12.1 Å². The van der Waals surface area contributed by atoms with Crippen molar-refractivity contribution in [2.45, 2.75) is 25.1 Å². The molecular formula is C21H24ClF4N3O4. The number of halogens is 5. The van der Waals surface area contributed by atoms with Crippen molar-refractivity contribution in [2.24, 2.45) is 13.0 Å². The van der Waals surface area contributed by atoms with Crippen LogP contribution in [0.2, 0.25) is 0 Å². The number of hydrogen-bond acceptors (Lipinski definition) is 4. The Labute approximate surface area is 192 Å². The van der Waals surface area contributed by atoms with Crippen molar-refractivity contribution in [3.05, 3.63) is 53.6 Å². The van der Waals surface area contributed by atoms with E-state index in [1.54, 1.807) is 34.0 Å². The second-order valence-electron chi connectivity index (χ2n) is 7.41. The van der Waals surface area contributed by atoms with Crippen molar-refractivity contribution in [3.63, 3.8) is 0 Å². The predicted octanol–water partition coefficient (Wildman–Crippen LogP) is 3.58. The number of carbonyl (C=O) groups is 2. The molecule has 2 aromatic rings. The quantitative estimate of drug-likeness (QED) is 0.471. The molecule has 1 aromatic carbocycles. The van der Waals surface area contributed by atoms with E-state index in [-0.39, 0.29) is 29.6 Å². The van der Waals surface area contributed by atoms with E-state index in [0.29, 0.717) is 31.7 Å². The fourth-order valence-corrected chi connectivity index (χ4v) is 3.59. The second-order valence-corrected chi connectivity index (χ2v) is 7.67. The van der Waals surface area contributed by atoms with E-state index in [9.17, 15) is 22.4 Å². The van der Waals surface area contributed by atoms with Crippen LogP contribution in [0.3, 0.4) is 0 Å². The Morgan fingerprint density at radius 1 is 1.33 bits per heavy atom. The third-order valence-electron chi connectivity index (χ3n) is 5.04. The summed E-state index contributed by atoms with van der Waals surface area (Å²) >= 11 is 5.79. The molecule has 0 bridgehead atoms. The number of aryl methyl sites for hydroxylation is 1. The zero-order valence-corrected chi connectivity index (χ0v) is 18.5. The Bertz CT molecular complexity index is 938. The van der Waals surface area contributed by atoms with Gasteiger partial charge < -0.3 is 14.7 Å². The minimum absolute atomic E-state index is 0.0808. The largest absolute Gasteiger partial charge is 0.490 e. The average Bonchev–Trinajstić information content (AvgIpc) is 3.39. The molecule has 2 atom stereocenters. The van der Waals surface area contributed by atoms with Gasteiger partial charge >= 0.3 is 12.1 Å². The van der Waals surface area contributed by atoms with Crippen LogP contribution >= 0.6 is 11.6 Å². The zero-order chi connectivity index (χ0) is 24.6. The van der Waals surface area contributed by atoms with Crippen LogP contribution < -0.4 is 0 Å². The number of aliphatic carboxylic acids is 1. The van der Waals surface area contributed by atoms with Gasteiger partial charge in [0.1, 0.15) is 11.7 Å². The first-order chi connectivity index (χ1) is 15.5. The van der Waals surface area contributed by atoms with Crippen LogP contribution in [0.15, 0.2) is 36.7 Å². The molecule has 12 heteroatoms. The maximum absolute atomic E-state index is 13.9. The normalized spacial score (nSPS) is 17.9. The molecule has 0 saturated carbocycles. The minimum atomic E-state index is -5.08. The minimum Gasteiger partial charge on any atom is -0.475 e. The fraction of sp³-hybridized carbons (Fsp3) is 0.476. The summed E-state index contributed by atoms with van der Waals surface area (Å²) in [6.07, 6.45) is -0.0968. The first-order valence-corrected chi connectivity index (χ1v) is 10.5. The molecule has 2 heterocycles. The van der Waals surface area contributed by atoms with Crippen LogP contribution in [0.5, 0.6) is 0 Å². The van der Waals surface area contributed by atoms with Gasteiger partial charge in [0, 0.05) is 44.4 Å². The summed E-state index contributed by atoms with van der Waals surface area (Å²) in [6, 6.07) is 6.65. The van der Waals surface area contributed by atoms with Crippen LogP contribution in [0.4, 0.5) is 17.6 Å². The molecule has 1 fully saturated rings. The number of ether oxygens (including phenoxy) is 1. The number of hydrogen-bond donors (Lipinski definition) is 1. The molecule has 3 rings (SSSR count). The Kier molecular flexibility index (Phi) is 9.66. The zero-order valence-electron chi connectivity index (χ0n) is 17.8. The van der Waals surface area contributed by atoms with Crippen LogP contribution in [-0.2, 0) is 27.8 Å². The van der Waals surface area contributed by atoms with Gasteiger partial charge in [0.05, 0.1) is 12.3 Å². The lowest BCUT2D eigenvalue weighted by atomic mass is 9.96. The molecule has 2 unspecified atom stereocenters. The van der Waals surface area contributed by atoms with Gasteiger partial charge in [0.15, 0.2) is 0 Å². The van der Waals surface area contributed by atoms with E-state index >= 15 is 0 Å². The van der Waals surface area contributed by atoms with E-state index in [4.69, 9.17) is 26.2 Å². The first kappa shape index (κ1) is 26.6. The van der Waals surface area contributed by atoms with Crippen molar-refractivity contribution >= 4 is 23.5 Å². The SMILES string of the molecule is Cn1cc(C2OCCC2CN(CCc2ccccc2F)C(=O)CCl)cn1.O=C(O)C(F)(F)F. The highest BCUT2D eigenvalue weighted by atomic mass is 35.5. The van der Waals surface area contributed by atoms with Gasteiger partial charge in [-0.25, -0.2) is 9.18 Å². The molecule has 1 amide bonds. The van der Waals surface area contributed by atoms with Gasteiger partial charge in [0.25, 0.3) is 0 Å². The molecule has 1 N–H and O–H groups in total. The molecular weight excluding hydrogens is 470 g/mol. The van der Waals surface area contributed by atoms with Crippen LogP contribution in [0, 0.1) is 11.7 Å². The highest BCUT2D eigenvalue weighted by Crippen LogP contribution is 2.35. The highest BCUT2D eigenvalue weighted by Gasteiger charge is 2.38. The number of nitrogens with zero attached hydrogens (tertiary/aromatic N) is 3. The van der Waals surface area contributed by atoms with Gasteiger partial charge in [-0.2, -0.15) is 18.3 Å². The van der Waals surface area contributed by atoms with Gasteiger partial charge in [-0.05, 0) is 24.5 Å². The van der Waals surface area contributed by atoms with Crippen molar-refractivity contribution in [2.75, 3.05) is 25.6 Å². The number of alkyl halides is 4. The lowest BCUT2D eigenvalue weighted by Crippen LogP contribution is -2.38. The van der Waals surface area contributed by atoms with Crippen molar-refractivity contribution < 1.29 is 37.0 Å². The Balaban J connectivity index is 0.000000479. The second kappa shape index (κ2) is 12.0. The molecule has 1 saturated heterocycles. The number of carboxylic acids is 1. The number of carbonyl (C=O) groups excluding carboxylic acids is 1. The molecule has 1 aromatic heterocycles. The van der Waals surface area contributed by atoms with Crippen molar-refractivity contribution in [1.29, 1.82) is 0 Å². The highest BCUT2D eigenvalue weighted by molar-refractivity contribution is 6.27. The number of benzene rings is 1. The van der Waals surface area contributed by atoms with E-state index in [0.717, 1.165) is 12.0 Å². The Morgan fingerprint density at radius 3 is 2.55 bits per heavy atom. The number of aromatic nitrogens is 2. The monoisotopic (exact) mass is 493 g/mol. The molecule has 0 radical (unpaired) electrons. The fourth-order valence-electron chi connectivity index (χ4n) is 3.42. The summed E-state index contributed by atoms with van der Waals surface area (Å²) in [5.41, 5.74) is 1.62. The summed E-state index contributed by atoms with van der Waals surface area (Å²) in [6.45, 7) is 1.63. The van der Waals surface area contributed by atoms with Gasteiger partial charge in [-0.1, -0.05) is 18.2 Å². The molecule has 0 spiro atoms. The average molecular weight is 494 g/mol. The lowest BCUT2D eigenvalue weighted by Gasteiger charge is -2.27. The summed E-state index contributed by atoms with van der Waals surface area (Å²) in [7, 11) is 1.87. The van der Waals surface area contributed by atoms with E-state index in [1.807, 2.05) is 13.2 Å². The van der Waals surface area contributed by atoms with E-state index in [2.05, 4.69) is 5.10 Å². The van der Waals surface area contributed by atoms with Crippen LogP contribution in [-0.4, -0.2) is 63.4 Å². The third kappa shape index (κ3) is 8.01. The maximum Gasteiger partial charge on any atom is 0.490 e. The topological polar surface area (TPSA) is 84.7 Å². The summed E-state index contributed by atoms with van der Waals surface area (Å²) in [5.74, 6) is -3.05. The lowest BCUT2D eigenvalue weighted by molar-refractivity contribution is -0.192. The number of carboxylic acid groups (broad SMARTS) is 1. The summed E-state index contributed by atoms with van der Waals surface area (Å²) < 4.78 is 53.2.